The van der Waals surface area contributed by atoms with Gasteiger partial charge in [0.15, 0.2) is 0 Å². The molecule has 0 bridgehead atoms. The third-order valence-electron chi connectivity index (χ3n) is 1.29. The van der Waals surface area contributed by atoms with E-state index in [-0.39, 0.29) is 6.54 Å². The Hall–Kier alpha value is -0.410. The van der Waals surface area contributed by atoms with E-state index < -0.39 is 6.17 Å². The summed E-state index contributed by atoms with van der Waals surface area (Å²) in [5, 5.41) is 3.89. The zero-order valence-electron chi connectivity index (χ0n) is 5.59. The van der Waals surface area contributed by atoms with Crippen molar-refractivity contribution in [3.63, 3.8) is 0 Å². The Kier molecular flexibility index (Phi) is 2.83. The van der Waals surface area contributed by atoms with Gasteiger partial charge in [-0.3, -0.25) is 0 Å². The van der Waals surface area contributed by atoms with Gasteiger partial charge in [-0.25, -0.2) is 4.39 Å². The van der Waals surface area contributed by atoms with E-state index in [4.69, 9.17) is 5.73 Å². The normalized spacial score (nSPS) is 13.4. The van der Waals surface area contributed by atoms with Gasteiger partial charge in [0.25, 0.3) is 0 Å². The number of halogens is 1. The van der Waals surface area contributed by atoms with Crippen LogP contribution < -0.4 is 5.73 Å². The van der Waals surface area contributed by atoms with Crippen molar-refractivity contribution in [3.05, 3.63) is 22.4 Å². The van der Waals surface area contributed by atoms with Gasteiger partial charge in [0, 0.05) is 13.0 Å². The highest BCUT2D eigenvalue weighted by atomic mass is 32.1. The number of nitrogens with two attached hydrogens (primary N) is 1. The van der Waals surface area contributed by atoms with Gasteiger partial charge < -0.3 is 5.73 Å². The summed E-state index contributed by atoms with van der Waals surface area (Å²) in [5.41, 5.74) is 6.16. The monoisotopic (exact) mass is 159 g/mol. The van der Waals surface area contributed by atoms with Gasteiger partial charge >= 0.3 is 0 Å². The third-order valence-corrected chi connectivity index (χ3v) is 2.03. The van der Waals surface area contributed by atoms with E-state index in [1.165, 1.54) is 0 Å². The summed E-state index contributed by atoms with van der Waals surface area (Å²) in [5.74, 6) is 0. The first-order valence-electron chi connectivity index (χ1n) is 3.18. The summed E-state index contributed by atoms with van der Waals surface area (Å²) < 4.78 is 12.6. The SMILES string of the molecule is NCC(F)Cc1ccsc1. The lowest BCUT2D eigenvalue weighted by molar-refractivity contribution is 0.340. The minimum Gasteiger partial charge on any atom is -0.328 e. The largest absolute Gasteiger partial charge is 0.328 e. The number of alkyl halides is 1. The molecule has 10 heavy (non-hydrogen) atoms. The average Bonchev–Trinajstić information content (AvgIpc) is 2.40. The molecule has 1 heterocycles. The maximum atomic E-state index is 12.6. The van der Waals surface area contributed by atoms with Crippen LogP contribution in [0.1, 0.15) is 5.56 Å². The van der Waals surface area contributed by atoms with Gasteiger partial charge in [-0.2, -0.15) is 11.3 Å². The Bertz CT molecular complexity index is 174. The number of hydrogen-bond acceptors (Lipinski definition) is 2. The van der Waals surface area contributed by atoms with Crippen LogP contribution in [0.5, 0.6) is 0 Å². The second kappa shape index (κ2) is 3.68. The first-order valence-corrected chi connectivity index (χ1v) is 4.12. The minimum absolute atomic E-state index is 0.121. The average molecular weight is 159 g/mol. The van der Waals surface area contributed by atoms with Gasteiger partial charge in [-0.05, 0) is 22.4 Å². The van der Waals surface area contributed by atoms with Crippen LogP contribution in [0, 0.1) is 0 Å². The summed E-state index contributed by atoms with van der Waals surface area (Å²) in [7, 11) is 0. The predicted octanol–water partition coefficient (Wildman–Crippen LogP) is 1.59. The van der Waals surface area contributed by atoms with E-state index in [1.807, 2.05) is 16.8 Å². The predicted molar refractivity (Wildman–Crippen MR) is 42.0 cm³/mol. The van der Waals surface area contributed by atoms with Crippen molar-refractivity contribution in [1.82, 2.24) is 0 Å². The molecule has 1 rings (SSSR count). The van der Waals surface area contributed by atoms with Crippen molar-refractivity contribution in [2.45, 2.75) is 12.6 Å². The Balaban J connectivity index is 2.40. The van der Waals surface area contributed by atoms with Crippen LogP contribution in [-0.4, -0.2) is 12.7 Å². The van der Waals surface area contributed by atoms with Crippen LogP contribution in [0.2, 0.25) is 0 Å². The highest BCUT2D eigenvalue weighted by Crippen LogP contribution is 2.09. The maximum absolute atomic E-state index is 12.6. The summed E-state index contributed by atoms with van der Waals surface area (Å²) in [6.45, 7) is 0.121. The topological polar surface area (TPSA) is 26.0 Å². The van der Waals surface area contributed by atoms with E-state index >= 15 is 0 Å². The van der Waals surface area contributed by atoms with Crippen LogP contribution in [0.15, 0.2) is 16.8 Å². The molecule has 0 aromatic carbocycles. The molecule has 0 spiro atoms. The van der Waals surface area contributed by atoms with Gasteiger partial charge in [-0.15, -0.1) is 0 Å². The molecule has 56 valence electrons. The van der Waals surface area contributed by atoms with E-state index in [0.29, 0.717) is 6.42 Å². The number of hydrogen-bond donors (Lipinski definition) is 1. The molecule has 0 amide bonds. The van der Waals surface area contributed by atoms with Gasteiger partial charge in [0.2, 0.25) is 0 Å². The van der Waals surface area contributed by atoms with Gasteiger partial charge in [-0.1, -0.05) is 0 Å². The molecule has 1 aromatic rings. The molecule has 0 radical (unpaired) electrons. The van der Waals surface area contributed by atoms with E-state index in [1.54, 1.807) is 11.3 Å². The fraction of sp³-hybridized carbons (Fsp3) is 0.429. The van der Waals surface area contributed by atoms with E-state index in [2.05, 4.69) is 0 Å². The van der Waals surface area contributed by atoms with Crippen molar-refractivity contribution >= 4 is 11.3 Å². The molecule has 0 fully saturated rings. The minimum atomic E-state index is -0.880. The number of thiophene rings is 1. The summed E-state index contributed by atoms with van der Waals surface area (Å²) in [4.78, 5) is 0. The molecule has 0 aliphatic rings. The van der Waals surface area contributed by atoms with Crippen molar-refractivity contribution in [1.29, 1.82) is 0 Å². The Labute approximate surface area is 63.7 Å². The highest BCUT2D eigenvalue weighted by Gasteiger charge is 2.03. The lowest BCUT2D eigenvalue weighted by atomic mass is 10.2. The Morgan fingerprint density at radius 2 is 2.50 bits per heavy atom. The van der Waals surface area contributed by atoms with Gasteiger partial charge in [0.1, 0.15) is 6.17 Å². The summed E-state index contributed by atoms with van der Waals surface area (Å²) in [6, 6.07) is 1.92. The Morgan fingerprint density at radius 3 is 3.00 bits per heavy atom. The summed E-state index contributed by atoms with van der Waals surface area (Å²) in [6.07, 6.45) is -0.422. The maximum Gasteiger partial charge on any atom is 0.116 e. The van der Waals surface area contributed by atoms with Crippen LogP contribution in [0.4, 0.5) is 4.39 Å². The van der Waals surface area contributed by atoms with Crippen molar-refractivity contribution in [3.8, 4) is 0 Å². The molecule has 1 aromatic heterocycles. The third kappa shape index (κ3) is 2.08. The first kappa shape index (κ1) is 7.69. The molecule has 0 saturated heterocycles. The zero-order valence-corrected chi connectivity index (χ0v) is 6.40. The molecule has 1 nitrogen and oxygen atoms in total. The second-order valence-corrected chi connectivity index (χ2v) is 2.95. The molecule has 0 aliphatic carbocycles. The second-order valence-electron chi connectivity index (χ2n) is 2.17. The lowest BCUT2D eigenvalue weighted by Gasteiger charge is -2.00. The fourth-order valence-electron chi connectivity index (χ4n) is 0.748. The van der Waals surface area contributed by atoms with Crippen molar-refractivity contribution in [2.24, 2.45) is 5.73 Å². The molecular formula is C7H10FNS. The first-order chi connectivity index (χ1) is 4.83. The van der Waals surface area contributed by atoms with E-state index in [9.17, 15) is 4.39 Å². The van der Waals surface area contributed by atoms with Crippen LogP contribution in [0.3, 0.4) is 0 Å². The molecule has 1 atom stereocenters. The standard InChI is InChI=1S/C7H10FNS/c8-7(4-9)3-6-1-2-10-5-6/h1-2,5,7H,3-4,9H2. The van der Waals surface area contributed by atoms with Crippen LogP contribution in [-0.2, 0) is 6.42 Å². The quantitative estimate of drug-likeness (QED) is 0.712. The zero-order chi connectivity index (χ0) is 7.40. The molecular weight excluding hydrogens is 149 g/mol. The van der Waals surface area contributed by atoms with Crippen LogP contribution >= 0.6 is 11.3 Å². The molecule has 1 unspecified atom stereocenters. The Morgan fingerprint density at radius 1 is 1.70 bits per heavy atom. The van der Waals surface area contributed by atoms with Crippen LogP contribution in [0.25, 0.3) is 0 Å². The summed E-state index contributed by atoms with van der Waals surface area (Å²) >= 11 is 1.58. The number of rotatable bonds is 3. The molecule has 2 N–H and O–H groups in total. The van der Waals surface area contributed by atoms with Gasteiger partial charge in [0.05, 0.1) is 0 Å². The lowest BCUT2D eigenvalue weighted by Crippen LogP contribution is -2.17. The van der Waals surface area contributed by atoms with Crippen molar-refractivity contribution < 1.29 is 4.39 Å². The molecule has 0 saturated carbocycles. The highest BCUT2D eigenvalue weighted by molar-refractivity contribution is 7.07. The molecule has 0 aliphatic heterocycles. The fourth-order valence-corrected chi connectivity index (χ4v) is 1.43. The smallest absolute Gasteiger partial charge is 0.116 e. The van der Waals surface area contributed by atoms with E-state index in [0.717, 1.165) is 5.56 Å². The van der Waals surface area contributed by atoms with Crippen molar-refractivity contribution in [2.75, 3.05) is 6.54 Å². The molecule has 3 heteroatoms.